The zero-order chi connectivity index (χ0) is 31.6. The fourth-order valence-electron chi connectivity index (χ4n) is 4.45. The fraction of sp³-hybridized carbons (Fsp3) is 0.226. The van der Waals surface area contributed by atoms with Crippen LogP contribution in [-0.2, 0) is 22.9 Å². The quantitative estimate of drug-likeness (QED) is 0.134. The van der Waals surface area contributed by atoms with Crippen molar-refractivity contribution in [3.8, 4) is 23.3 Å². The van der Waals surface area contributed by atoms with E-state index in [9.17, 15) is 8.42 Å². The van der Waals surface area contributed by atoms with Gasteiger partial charge in [-0.1, -0.05) is 36.4 Å². The summed E-state index contributed by atoms with van der Waals surface area (Å²) in [6.07, 6.45) is 6.33. The number of sulfone groups is 1. The molecule has 0 amide bonds. The van der Waals surface area contributed by atoms with E-state index in [2.05, 4.69) is 25.3 Å². The highest BCUT2D eigenvalue weighted by Crippen LogP contribution is 2.28. The number of hydrogen-bond acceptors (Lipinski definition) is 11. The lowest BCUT2D eigenvalue weighted by molar-refractivity contribution is -0.0505. The van der Waals surface area contributed by atoms with Crippen molar-refractivity contribution in [2.75, 3.05) is 25.1 Å². The van der Waals surface area contributed by atoms with Gasteiger partial charge in [-0.2, -0.15) is 9.97 Å². The molecule has 234 valence electrons. The van der Waals surface area contributed by atoms with E-state index in [1.807, 2.05) is 77.5 Å². The maximum Gasteiger partial charge on any atom is 0.247 e. The predicted octanol–water partition coefficient (Wildman–Crippen LogP) is 3.39. The van der Waals surface area contributed by atoms with Crippen LogP contribution in [0.15, 0.2) is 97.8 Å². The summed E-state index contributed by atoms with van der Waals surface area (Å²) in [6, 6.07) is 22.4. The van der Waals surface area contributed by atoms with Crippen molar-refractivity contribution in [1.29, 1.82) is 0 Å². The molecule has 0 bridgehead atoms. The molecule has 0 radical (unpaired) electrons. The molecule has 3 N–H and O–H groups in total. The second-order valence-electron chi connectivity index (χ2n) is 9.99. The van der Waals surface area contributed by atoms with Gasteiger partial charge < -0.3 is 34.1 Å². The van der Waals surface area contributed by atoms with Crippen molar-refractivity contribution >= 4 is 31.9 Å². The maximum absolute atomic E-state index is 11.1. The number of para-hydroxylation sites is 2. The molecule has 0 aliphatic rings. The third-order valence-electron chi connectivity index (χ3n) is 6.49. The third-order valence-corrected chi connectivity index (χ3v) is 7.43. The van der Waals surface area contributed by atoms with Crippen LogP contribution in [0, 0.1) is 0 Å². The summed E-state index contributed by atoms with van der Waals surface area (Å²) in [5.74, 6) is 2.38. The number of nitrogens with one attached hydrogen (secondary N) is 1. The van der Waals surface area contributed by atoms with Crippen LogP contribution >= 0.6 is 0 Å². The van der Waals surface area contributed by atoms with Crippen molar-refractivity contribution in [3.05, 3.63) is 97.8 Å². The van der Waals surface area contributed by atoms with E-state index >= 15 is 0 Å². The standard InChI is InChI=1S/C17H20N4O3S.C14H13N3O3/c1-25(22,23)12-9-18-8-11-21-10-7-15-16(21)17(20-13-19-15)24-14-5-3-2-4-6-14;18-12(19)8-17-7-6-11-13(17)14(16-9-15-11)20-10-4-2-1-3-5-10/h2-7,10,13,18H,8-9,11-12H2,1H3;1-7,9,12,18-19H,8H2. The number of fused-ring (bicyclic) bond motifs is 2. The molecule has 0 aliphatic heterocycles. The summed E-state index contributed by atoms with van der Waals surface area (Å²) < 4.78 is 37.6. The average Bonchev–Trinajstić information content (AvgIpc) is 3.63. The molecule has 6 rings (SSSR count). The minimum atomic E-state index is -2.94. The number of ether oxygens (including phenoxy) is 2. The van der Waals surface area contributed by atoms with Gasteiger partial charge in [0.1, 0.15) is 45.0 Å². The largest absolute Gasteiger partial charge is 0.437 e. The van der Waals surface area contributed by atoms with Crippen LogP contribution in [0.1, 0.15) is 0 Å². The number of aliphatic hydroxyl groups is 2. The number of nitrogens with zero attached hydrogens (tertiary/aromatic N) is 6. The molecule has 0 aliphatic carbocycles. The van der Waals surface area contributed by atoms with Gasteiger partial charge in [-0.15, -0.1) is 0 Å². The lowest BCUT2D eigenvalue weighted by atomic mass is 10.3. The van der Waals surface area contributed by atoms with Gasteiger partial charge >= 0.3 is 0 Å². The normalized spacial score (nSPS) is 11.5. The lowest BCUT2D eigenvalue weighted by Crippen LogP contribution is -2.25. The van der Waals surface area contributed by atoms with Crippen LogP contribution in [-0.4, -0.2) is 79.1 Å². The van der Waals surface area contributed by atoms with E-state index in [0.717, 1.165) is 11.0 Å². The first kappa shape index (κ1) is 31.5. The molecular weight excluding hydrogens is 598 g/mol. The van der Waals surface area contributed by atoms with E-state index in [1.165, 1.54) is 18.9 Å². The number of aliphatic hydroxyl groups excluding tert-OH is 1. The van der Waals surface area contributed by atoms with E-state index in [0.29, 0.717) is 53.9 Å². The van der Waals surface area contributed by atoms with Gasteiger partial charge in [0.25, 0.3) is 0 Å². The Morgan fingerprint density at radius 1 is 0.733 bits per heavy atom. The zero-order valence-electron chi connectivity index (χ0n) is 24.5. The Balaban J connectivity index is 0.000000182. The summed E-state index contributed by atoms with van der Waals surface area (Å²) >= 11 is 0. The van der Waals surface area contributed by atoms with Gasteiger partial charge in [-0.25, -0.2) is 18.4 Å². The van der Waals surface area contributed by atoms with Crippen LogP contribution in [0.3, 0.4) is 0 Å². The minimum absolute atomic E-state index is 0.0298. The Morgan fingerprint density at radius 2 is 1.24 bits per heavy atom. The molecule has 13 nitrogen and oxygen atoms in total. The van der Waals surface area contributed by atoms with Crippen LogP contribution in [0.5, 0.6) is 23.3 Å². The molecule has 0 saturated heterocycles. The fourth-order valence-corrected chi connectivity index (χ4v) is 4.97. The van der Waals surface area contributed by atoms with Crippen LogP contribution in [0.4, 0.5) is 0 Å². The van der Waals surface area contributed by atoms with Crippen molar-refractivity contribution < 1.29 is 28.1 Å². The van der Waals surface area contributed by atoms with Gasteiger partial charge in [-0.3, -0.25) is 0 Å². The van der Waals surface area contributed by atoms with E-state index in [1.54, 1.807) is 16.8 Å². The summed E-state index contributed by atoms with van der Waals surface area (Å²) in [4.78, 5) is 16.8. The second kappa shape index (κ2) is 14.7. The highest BCUT2D eigenvalue weighted by atomic mass is 32.2. The van der Waals surface area contributed by atoms with E-state index in [-0.39, 0.29) is 12.3 Å². The SMILES string of the molecule is CS(=O)(=O)CCNCCn1ccc2ncnc(Oc3ccccc3)c21.OC(O)Cn1ccc2ncnc(Oc3ccccc3)c21. The van der Waals surface area contributed by atoms with Crippen LogP contribution in [0.25, 0.3) is 22.1 Å². The molecule has 0 spiro atoms. The zero-order valence-corrected chi connectivity index (χ0v) is 25.3. The number of hydrogen-bond donors (Lipinski definition) is 3. The summed E-state index contributed by atoms with van der Waals surface area (Å²) in [5.41, 5.74) is 2.93. The van der Waals surface area contributed by atoms with Gasteiger partial charge in [-0.05, 0) is 36.4 Å². The molecule has 0 saturated carbocycles. The van der Waals surface area contributed by atoms with Crippen LogP contribution in [0.2, 0.25) is 0 Å². The lowest BCUT2D eigenvalue weighted by Gasteiger charge is -2.10. The smallest absolute Gasteiger partial charge is 0.247 e. The molecule has 4 heterocycles. The Labute approximate surface area is 259 Å². The Kier molecular flexibility index (Phi) is 10.3. The monoisotopic (exact) mass is 631 g/mol. The Morgan fingerprint density at radius 3 is 1.76 bits per heavy atom. The van der Waals surface area contributed by atoms with E-state index in [4.69, 9.17) is 19.7 Å². The van der Waals surface area contributed by atoms with Gasteiger partial charge in [0.05, 0.1) is 23.3 Å². The summed E-state index contributed by atoms with van der Waals surface area (Å²) in [5, 5.41) is 21.4. The maximum atomic E-state index is 11.1. The molecular formula is C31H33N7O6S. The van der Waals surface area contributed by atoms with Gasteiger partial charge in [0.15, 0.2) is 6.29 Å². The van der Waals surface area contributed by atoms with E-state index < -0.39 is 16.1 Å². The van der Waals surface area contributed by atoms with Crippen molar-refractivity contribution in [1.82, 2.24) is 34.4 Å². The third kappa shape index (κ3) is 8.83. The minimum Gasteiger partial charge on any atom is -0.437 e. The Bertz CT molecular complexity index is 1930. The molecule has 4 aromatic heterocycles. The first-order valence-electron chi connectivity index (χ1n) is 14.1. The Hall–Kier alpha value is -4.89. The number of benzene rings is 2. The summed E-state index contributed by atoms with van der Waals surface area (Å²) in [7, 11) is -2.94. The first-order valence-corrected chi connectivity index (χ1v) is 16.1. The van der Waals surface area contributed by atoms with Crippen LogP contribution < -0.4 is 14.8 Å². The molecule has 0 fully saturated rings. The predicted molar refractivity (Wildman–Crippen MR) is 169 cm³/mol. The number of rotatable bonds is 12. The molecule has 14 heteroatoms. The molecule has 0 unspecified atom stereocenters. The highest BCUT2D eigenvalue weighted by molar-refractivity contribution is 7.90. The molecule has 6 aromatic rings. The average molecular weight is 632 g/mol. The molecule has 2 aromatic carbocycles. The second-order valence-corrected chi connectivity index (χ2v) is 12.3. The van der Waals surface area contributed by atoms with Crippen molar-refractivity contribution in [3.63, 3.8) is 0 Å². The molecule has 0 atom stereocenters. The topological polar surface area (TPSA) is 167 Å². The van der Waals surface area contributed by atoms with Crippen molar-refractivity contribution in [2.24, 2.45) is 0 Å². The van der Waals surface area contributed by atoms with Gasteiger partial charge in [0, 0.05) is 38.3 Å². The van der Waals surface area contributed by atoms with Crippen molar-refractivity contribution in [2.45, 2.75) is 19.4 Å². The number of aromatic nitrogens is 6. The summed E-state index contributed by atoms with van der Waals surface area (Å²) in [6.45, 7) is 1.76. The molecule has 45 heavy (non-hydrogen) atoms. The van der Waals surface area contributed by atoms with Gasteiger partial charge in [0.2, 0.25) is 11.8 Å². The highest BCUT2D eigenvalue weighted by Gasteiger charge is 2.14. The first-order chi connectivity index (χ1) is 21.8.